The molecule has 3 rings (SSSR count). The van der Waals surface area contributed by atoms with Crippen LogP contribution in [0, 0.1) is 13.8 Å². The van der Waals surface area contributed by atoms with Gasteiger partial charge in [-0.2, -0.15) is 0 Å². The van der Waals surface area contributed by atoms with Gasteiger partial charge in [0.25, 0.3) is 5.91 Å². The summed E-state index contributed by atoms with van der Waals surface area (Å²) >= 11 is 0. The van der Waals surface area contributed by atoms with Crippen molar-refractivity contribution in [2.24, 2.45) is 0 Å². The number of nitrogens with one attached hydrogen (secondary N) is 1. The zero-order chi connectivity index (χ0) is 16.4. The Morgan fingerprint density at radius 1 is 1.17 bits per heavy atom. The first-order valence-corrected chi connectivity index (χ1v) is 8.35. The third kappa shape index (κ3) is 3.26. The van der Waals surface area contributed by atoms with Gasteiger partial charge in [-0.25, -0.2) is 0 Å². The lowest BCUT2D eigenvalue weighted by molar-refractivity contribution is 0.102. The molecule has 0 spiro atoms. The number of rotatable bonds is 3. The molecule has 1 amide bonds. The molecule has 1 aromatic carbocycles. The highest BCUT2D eigenvalue weighted by atomic mass is 16.3. The molecule has 4 heteroatoms. The van der Waals surface area contributed by atoms with E-state index < -0.39 is 0 Å². The highest BCUT2D eigenvalue weighted by Gasteiger charge is 2.22. The zero-order valence-corrected chi connectivity index (χ0v) is 13.8. The Morgan fingerprint density at radius 2 is 1.91 bits per heavy atom. The maximum Gasteiger partial charge on any atom is 0.257 e. The molecule has 23 heavy (non-hydrogen) atoms. The van der Waals surface area contributed by atoms with E-state index in [2.05, 4.69) is 16.8 Å². The van der Waals surface area contributed by atoms with Gasteiger partial charge in [0.05, 0.1) is 5.56 Å². The molecule has 0 saturated heterocycles. The van der Waals surface area contributed by atoms with E-state index in [4.69, 9.17) is 0 Å². The highest BCUT2D eigenvalue weighted by Crippen LogP contribution is 2.32. The fourth-order valence-electron chi connectivity index (χ4n) is 3.69. The number of carbonyl (C=O) groups excluding carboxylic acids is 1. The average Bonchev–Trinajstić information content (AvgIpc) is 2.83. The molecule has 4 nitrogen and oxygen atoms in total. The van der Waals surface area contributed by atoms with E-state index in [0.717, 1.165) is 17.0 Å². The van der Waals surface area contributed by atoms with Crippen molar-refractivity contribution in [3.63, 3.8) is 0 Å². The quantitative estimate of drug-likeness (QED) is 0.872. The maximum absolute atomic E-state index is 12.6. The van der Waals surface area contributed by atoms with Crippen LogP contribution in [-0.2, 0) is 0 Å². The van der Waals surface area contributed by atoms with Gasteiger partial charge < -0.3 is 15.0 Å². The second kappa shape index (κ2) is 6.49. The van der Waals surface area contributed by atoms with Crippen LogP contribution in [0.1, 0.15) is 59.9 Å². The first-order valence-electron chi connectivity index (χ1n) is 8.35. The summed E-state index contributed by atoms with van der Waals surface area (Å²) in [6, 6.07) is 9.13. The van der Waals surface area contributed by atoms with E-state index in [-0.39, 0.29) is 11.7 Å². The molecule has 1 aliphatic rings. The number of aromatic hydroxyl groups is 1. The monoisotopic (exact) mass is 312 g/mol. The molecular weight excluding hydrogens is 288 g/mol. The molecule has 1 saturated carbocycles. The lowest BCUT2D eigenvalue weighted by atomic mass is 9.95. The summed E-state index contributed by atoms with van der Waals surface area (Å²) in [4.78, 5) is 12.6. The number of aromatic nitrogens is 1. The van der Waals surface area contributed by atoms with E-state index >= 15 is 0 Å². The minimum atomic E-state index is -0.120. The largest absolute Gasteiger partial charge is 0.508 e. The number of aryl methyl sites for hydroxylation is 1. The number of hydrogen-bond donors (Lipinski definition) is 2. The summed E-state index contributed by atoms with van der Waals surface area (Å²) in [6.07, 6.45) is 6.26. The summed E-state index contributed by atoms with van der Waals surface area (Å²) in [6.45, 7) is 4.10. The second-order valence-corrected chi connectivity index (χ2v) is 6.45. The lowest BCUT2D eigenvalue weighted by Crippen LogP contribution is -2.17. The van der Waals surface area contributed by atoms with Crippen LogP contribution in [0.5, 0.6) is 5.75 Å². The van der Waals surface area contributed by atoms with Crippen molar-refractivity contribution in [2.45, 2.75) is 52.0 Å². The molecule has 0 unspecified atom stereocenters. The molecule has 2 aromatic rings. The van der Waals surface area contributed by atoms with E-state index in [1.807, 2.05) is 13.0 Å². The van der Waals surface area contributed by atoms with Crippen LogP contribution in [0.15, 0.2) is 30.3 Å². The van der Waals surface area contributed by atoms with Gasteiger partial charge in [-0.15, -0.1) is 0 Å². The van der Waals surface area contributed by atoms with Crippen molar-refractivity contribution >= 4 is 11.6 Å². The zero-order valence-electron chi connectivity index (χ0n) is 13.8. The fraction of sp³-hybridized carbons (Fsp3) is 0.421. The first kappa shape index (κ1) is 15.7. The molecule has 0 aliphatic heterocycles. The second-order valence-electron chi connectivity index (χ2n) is 6.45. The topological polar surface area (TPSA) is 54.3 Å². The van der Waals surface area contributed by atoms with E-state index in [1.165, 1.54) is 32.1 Å². The van der Waals surface area contributed by atoms with Crippen LogP contribution >= 0.6 is 0 Å². The number of benzene rings is 1. The van der Waals surface area contributed by atoms with Crippen molar-refractivity contribution in [3.8, 4) is 5.75 Å². The fourth-order valence-corrected chi connectivity index (χ4v) is 3.69. The molecule has 0 bridgehead atoms. The standard InChI is InChI=1S/C19H24N2O2/c1-13-11-18(14(2)21(13)16-8-4-3-5-9-16)19(23)20-15-7-6-10-17(22)12-15/h6-7,10-12,16,22H,3-5,8-9H2,1-2H3,(H,20,23). The van der Waals surface area contributed by atoms with Crippen molar-refractivity contribution in [1.29, 1.82) is 0 Å². The van der Waals surface area contributed by atoms with Crippen LogP contribution in [-0.4, -0.2) is 15.6 Å². The first-order chi connectivity index (χ1) is 11.1. The van der Waals surface area contributed by atoms with Gasteiger partial charge in [-0.3, -0.25) is 4.79 Å². The van der Waals surface area contributed by atoms with Crippen LogP contribution in [0.4, 0.5) is 5.69 Å². The predicted octanol–water partition coefficient (Wildman–Crippen LogP) is 4.57. The smallest absolute Gasteiger partial charge is 0.257 e. The SMILES string of the molecule is Cc1cc(C(=O)Nc2cccc(O)c2)c(C)n1C1CCCCC1. The van der Waals surface area contributed by atoms with Crippen LogP contribution in [0.25, 0.3) is 0 Å². The Hall–Kier alpha value is -2.23. The Kier molecular flexibility index (Phi) is 4.42. The molecule has 122 valence electrons. The summed E-state index contributed by atoms with van der Waals surface area (Å²) in [5, 5.41) is 12.4. The van der Waals surface area contributed by atoms with E-state index in [1.54, 1.807) is 24.3 Å². The average molecular weight is 312 g/mol. The number of anilines is 1. The van der Waals surface area contributed by atoms with Gasteiger partial charge in [0.1, 0.15) is 5.75 Å². The Morgan fingerprint density at radius 3 is 2.61 bits per heavy atom. The molecule has 1 fully saturated rings. The molecule has 0 radical (unpaired) electrons. The van der Waals surface area contributed by atoms with Crippen molar-refractivity contribution in [2.75, 3.05) is 5.32 Å². The minimum absolute atomic E-state index is 0.120. The number of phenols is 1. The van der Waals surface area contributed by atoms with Gasteiger partial charge in [0, 0.05) is 29.2 Å². The van der Waals surface area contributed by atoms with Crippen LogP contribution < -0.4 is 5.32 Å². The number of carbonyl (C=O) groups is 1. The van der Waals surface area contributed by atoms with Gasteiger partial charge in [0.15, 0.2) is 0 Å². The van der Waals surface area contributed by atoms with Crippen molar-refractivity contribution in [3.05, 3.63) is 47.3 Å². The maximum atomic E-state index is 12.6. The van der Waals surface area contributed by atoms with Gasteiger partial charge in [0.2, 0.25) is 0 Å². The third-order valence-corrected chi connectivity index (χ3v) is 4.77. The molecule has 1 aliphatic carbocycles. The number of nitrogens with zero attached hydrogens (tertiary/aromatic N) is 1. The molecule has 0 atom stereocenters. The van der Waals surface area contributed by atoms with E-state index in [0.29, 0.717) is 11.7 Å². The van der Waals surface area contributed by atoms with Crippen LogP contribution in [0.2, 0.25) is 0 Å². The number of amides is 1. The van der Waals surface area contributed by atoms with Gasteiger partial charge in [-0.1, -0.05) is 25.3 Å². The highest BCUT2D eigenvalue weighted by molar-refractivity contribution is 6.05. The number of hydrogen-bond acceptors (Lipinski definition) is 2. The van der Waals surface area contributed by atoms with E-state index in [9.17, 15) is 9.90 Å². The summed E-state index contributed by atoms with van der Waals surface area (Å²) in [5.74, 6) is 0.0289. The Balaban J connectivity index is 1.84. The molecule has 1 heterocycles. The molecule has 1 aromatic heterocycles. The summed E-state index contributed by atoms with van der Waals surface area (Å²) in [5.41, 5.74) is 3.51. The molecule has 2 N–H and O–H groups in total. The minimum Gasteiger partial charge on any atom is -0.508 e. The lowest BCUT2D eigenvalue weighted by Gasteiger charge is -2.26. The summed E-state index contributed by atoms with van der Waals surface area (Å²) in [7, 11) is 0. The number of phenolic OH excluding ortho intramolecular Hbond substituents is 1. The van der Waals surface area contributed by atoms with Gasteiger partial charge >= 0.3 is 0 Å². The van der Waals surface area contributed by atoms with Crippen molar-refractivity contribution < 1.29 is 9.90 Å². The Labute approximate surface area is 137 Å². The van der Waals surface area contributed by atoms with Gasteiger partial charge in [-0.05, 0) is 44.9 Å². The van der Waals surface area contributed by atoms with Crippen molar-refractivity contribution in [1.82, 2.24) is 4.57 Å². The molecular formula is C19H24N2O2. The Bertz CT molecular complexity index is 712. The summed E-state index contributed by atoms with van der Waals surface area (Å²) < 4.78 is 2.33. The normalized spacial score (nSPS) is 15.6. The van der Waals surface area contributed by atoms with Crippen LogP contribution in [0.3, 0.4) is 0 Å². The predicted molar refractivity (Wildman–Crippen MR) is 92.1 cm³/mol. The third-order valence-electron chi connectivity index (χ3n) is 4.77.